The molecule has 1 aromatic rings. The smallest absolute Gasteiger partial charge is 0.0247 e. The van der Waals surface area contributed by atoms with Gasteiger partial charge in [-0.05, 0) is 43.0 Å². The number of nitrogens with one attached hydrogen (secondary N) is 1. The van der Waals surface area contributed by atoms with E-state index in [2.05, 4.69) is 65.1 Å². The van der Waals surface area contributed by atoms with Crippen molar-refractivity contribution in [3.8, 4) is 0 Å². The first-order valence-corrected chi connectivity index (χ1v) is 9.14. The van der Waals surface area contributed by atoms with Gasteiger partial charge in [-0.15, -0.1) is 0 Å². The van der Waals surface area contributed by atoms with Crippen LogP contribution in [0.1, 0.15) is 57.6 Å². The van der Waals surface area contributed by atoms with Crippen molar-refractivity contribution in [2.75, 3.05) is 6.54 Å². The van der Waals surface area contributed by atoms with Crippen LogP contribution >= 0.6 is 15.9 Å². The normalized spacial score (nSPS) is 15.1. The van der Waals surface area contributed by atoms with E-state index in [0.717, 1.165) is 19.1 Å². The summed E-state index contributed by atoms with van der Waals surface area (Å²) >= 11 is 3.77. The monoisotopic (exact) mass is 352 g/mol. The van der Waals surface area contributed by atoms with E-state index in [1.165, 1.54) is 47.8 Å². The lowest BCUT2D eigenvalue weighted by Crippen LogP contribution is -2.27. The lowest BCUT2D eigenvalue weighted by atomic mass is 10.1. The number of unbranched alkanes of at least 4 members (excludes halogenated alkanes) is 1. The van der Waals surface area contributed by atoms with Crippen LogP contribution in [0, 0.1) is 0 Å². The minimum atomic E-state index is 0.530. The van der Waals surface area contributed by atoms with E-state index < -0.39 is 0 Å². The molecule has 21 heavy (non-hydrogen) atoms. The summed E-state index contributed by atoms with van der Waals surface area (Å²) in [7, 11) is 0. The highest BCUT2D eigenvalue weighted by atomic mass is 79.9. The molecule has 0 saturated heterocycles. The van der Waals surface area contributed by atoms with Gasteiger partial charge in [0.25, 0.3) is 0 Å². The van der Waals surface area contributed by atoms with E-state index in [1.807, 2.05) is 0 Å². The molecule has 0 heterocycles. The van der Waals surface area contributed by atoms with Gasteiger partial charge in [0.2, 0.25) is 0 Å². The van der Waals surface area contributed by atoms with Crippen LogP contribution in [0.4, 0.5) is 0 Å². The maximum atomic E-state index is 3.77. The third kappa shape index (κ3) is 5.72. The lowest BCUT2D eigenvalue weighted by molar-refractivity contribution is 0.250. The molecule has 0 aromatic heterocycles. The molecule has 1 fully saturated rings. The van der Waals surface area contributed by atoms with Crippen LogP contribution in [0.2, 0.25) is 0 Å². The average Bonchev–Trinajstić information content (AvgIpc) is 3.27. The van der Waals surface area contributed by atoms with E-state index >= 15 is 0 Å². The van der Waals surface area contributed by atoms with E-state index in [0.29, 0.717) is 6.04 Å². The lowest BCUT2D eigenvalue weighted by Gasteiger charge is -2.22. The molecule has 0 amide bonds. The van der Waals surface area contributed by atoms with E-state index in [-0.39, 0.29) is 0 Å². The summed E-state index contributed by atoms with van der Waals surface area (Å²) in [6.45, 7) is 9.92. The third-order valence-corrected chi connectivity index (χ3v) is 4.81. The predicted octanol–water partition coefficient (Wildman–Crippen LogP) is 4.71. The highest BCUT2D eigenvalue weighted by Crippen LogP contribution is 2.30. The van der Waals surface area contributed by atoms with Crippen molar-refractivity contribution < 1.29 is 0 Å². The molecule has 1 aromatic carbocycles. The zero-order chi connectivity index (χ0) is 15.2. The van der Waals surface area contributed by atoms with E-state index in [9.17, 15) is 0 Å². The summed E-state index contributed by atoms with van der Waals surface area (Å²) in [5, 5.41) is 3.47. The molecule has 3 heteroatoms. The third-order valence-electron chi connectivity index (χ3n) is 4.07. The topological polar surface area (TPSA) is 15.3 Å². The summed E-state index contributed by atoms with van der Waals surface area (Å²) in [4.78, 5) is 2.66. The molecular weight excluding hydrogens is 324 g/mol. The minimum absolute atomic E-state index is 0.530. The van der Waals surface area contributed by atoms with Crippen molar-refractivity contribution >= 4 is 15.9 Å². The Balaban J connectivity index is 1.95. The second-order valence-corrected chi connectivity index (χ2v) is 7.37. The molecule has 0 bridgehead atoms. The zero-order valence-corrected chi connectivity index (χ0v) is 15.2. The van der Waals surface area contributed by atoms with Gasteiger partial charge >= 0.3 is 0 Å². The maximum absolute atomic E-state index is 3.77. The predicted molar refractivity (Wildman–Crippen MR) is 94.5 cm³/mol. The van der Waals surface area contributed by atoms with Gasteiger partial charge in [-0.3, -0.25) is 4.90 Å². The van der Waals surface area contributed by atoms with Crippen molar-refractivity contribution in [3.05, 3.63) is 33.8 Å². The molecule has 0 aliphatic heterocycles. The highest BCUT2D eigenvalue weighted by molar-refractivity contribution is 9.10. The second kappa shape index (κ2) is 8.30. The summed E-state index contributed by atoms with van der Waals surface area (Å²) in [5.74, 6) is 0. The minimum Gasteiger partial charge on any atom is -0.310 e. The summed E-state index contributed by atoms with van der Waals surface area (Å²) in [6, 6.07) is 8.20. The molecule has 1 aliphatic carbocycles. The van der Waals surface area contributed by atoms with Crippen LogP contribution in [0.25, 0.3) is 0 Å². The standard InChI is InChI=1S/C18H29BrN2/c1-4-5-10-21(17-8-9-17)13-16-7-6-15(11-18(16)19)12-20-14(2)3/h6-7,11,14,17,20H,4-5,8-10,12-13H2,1-3H3. The molecule has 0 unspecified atom stereocenters. The Morgan fingerprint density at radius 2 is 2.10 bits per heavy atom. The Hall–Kier alpha value is -0.380. The second-order valence-electron chi connectivity index (χ2n) is 6.52. The fourth-order valence-electron chi connectivity index (χ4n) is 2.56. The first-order valence-electron chi connectivity index (χ1n) is 8.35. The quantitative estimate of drug-likeness (QED) is 0.692. The Labute approximate surface area is 138 Å². The van der Waals surface area contributed by atoms with E-state index in [1.54, 1.807) is 0 Å². The van der Waals surface area contributed by atoms with Gasteiger partial charge in [0.1, 0.15) is 0 Å². The Morgan fingerprint density at radius 1 is 1.33 bits per heavy atom. The molecule has 0 spiro atoms. The van der Waals surface area contributed by atoms with Gasteiger partial charge in [0.15, 0.2) is 0 Å². The van der Waals surface area contributed by atoms with Gasteiger partial charge < -0.3 is 5.32 Å². The van der Waals surface area contributed by atoms with Crippen molar-refractivity contribution in [2.24, 2.45) is 0 Å². The summed E-state index contributed by atoms with van der Waals surface area (Å²) in [6.07, 6.45) is 5.37. The highest BCUT2D eigenvalue weighted by Gasteiger charge is 2.28. The summed E-state index contributed by atoms with van der Waals surface area (Å²) in [5.41, 5.74) is 2.78. The van der Waals surface area contributed by atoms with Crippen molar-refractivity contribution in [3.63, 3.8) is 0 Å². The fraction of sp³-hybridized carbons (Fsp3) is 0.667. The van der Waals surface area contributed by atoms with Gasteiger partial charge in [-0.25, -0.2) is 0 Å². The molecule has 1 saturated carbocycles. The number of hydrogen-bond donors (Lipinski definition) is 1. The van der Waals surface area contributed by atoms with Crippen molar-refractivity contribution in [1.29, 1.82) is 0 Å². The maximum Gasteiger partial charge on any atom is 0.0247 e. The Bertz CT molecular complexity index is 441. The zero-order valence-electron chi connectivity index (χ0n) is 13.7. The van der Waals surface area contributed by atoms with Crippen LogP contribution in [-0.4, -0.2) is 23.5 Å². The van der Waals surface area contributed by atoms with Crippen LogP contribution in [0.15, 0.2) is 22.7 Å². The fourth-order valence-corrected chi connectivity index (χ4v) is 3.11. The first-order chi connectivity index (χ1) is 10.1. The van der Waals surface area contributed by atoms with Gasteiger partial charge in [-0.1, -0.05) is 55.3 Å². The Morgan fingerprint density at radius 3 is 2.67 bits per heavy atom. The molecule has 2 rings (SSSR count). The molecule has 0 atom stereocenters. The largest absolute Gasteiger partial charge is 0.310 e. The first kappa shape index (κ1) is 17.0. The van der Waals surface area contributed by atoms with Gasteiger partial charge in [0.05, 0.1) is 0 Å². The number of halogens is 1. The summed E-state index contributed by atoms with van der Waals surface area (Å²) < 4.78 is 1.26. The van der Waals surface area contributed by atoms with Crippen LogP contribution in [0.5, 0.6) is 0 Å². The van der Waals surface area contributed by atoms with E-state index in [4.69, 9.17) is 0 Å². The van der Waals surface area contributed by atoms with Crippen LogP contribution in [-0.2, 0) is 13.1 Å². The van der Waals surface area contributed by atoms with Gasteiger partial charge in [0, 0.05) is 29.6 Å². The van der Waals surface area contributed by atoms with Crippen LogP contribution in [0.3, 0.4) is 0 Å². The number of hydrogen-bond acceptors (Lipinski definition) is 2. The Kier molecular flexibility index (Phi) is 6.72. The van der Waals surface area contributed by atoms with Gasteiger partial charge in [-0.2, -0.15) is 0 Å². The molecule has 118 valence electrons. The molecule has 0 radical (unpaired) electrons. The number of rotatable bonds is 9. The SMILES string of the molecule is CCCCN(Cc1ccc(CNC(C)C)cc1Br)C1CC1. The molecular formula is C18H29BrN2. The molecule has 1 N–H and O–H groups in total. The molecule has 1 aliphatic rings. The molecule has 2 nitrogen and oxygen atoms in total. The number of nitrogens with zero attached hydrogens (tertiary/aromatic N) is 1. The van der Waals surface area contributed by atoms with Crippen LogP contribution < -0.4 is 5.32 Å². The average molecular weight is 353 g/mol. The van der Waals surface area contributed by atoms with Crippen molar-refractivity contribution in [1.82, 2.24) is 10.2 Å². The number of benzene rings is 1. The van der Waals surface area contributed by atoms with Crippen molar-refractivity contribution in [2.45, 2.75) is 71.6 Å².